The number of pyridine rings is 1. The monoisotopic (exact) mass is 360 g/mol. The third kappa shape index (κ3) is 6.31. The smallest absolute Gasteiger partial charge is 0.379 e. The second-order valence-corrected chi connectivity index (χ2v) is 5.45. The summed E-state index contributed by atoms with van der Waals surface area (Å²) in [6.07, 6.45) is -3.02. The van der Waals surface area contributed by atoms with Crippen molar-refractivity contribution in [2.45, 2.75) is 12.6 Å². The van der Waals surface area contributed by atoms with E-state index in [-0.39, 0.29) is 5.69 Å². The van der Waals surface area contributed by atoms with Crippen LogP contribution in [0, 0.1) is 0 Å². The summed E-state index contributed by atoms with van der Waals surface area (Å²) in [4.78, 5) is 28.8. The lowest BCUT2D eigenvalue weighted by Crippen LogP contribution is -2.39. The van der Waals surface area contributed by atoms with Crippen LogP contribution in [-0.2, 0) is 20.5 Å². The highest BCUT2D eigenvalue weighted by Gasteiger charge is 2.32. The SMILES string of the molecule is O=C(NCCCN1CCOCC1)C(=O)Nc1ccc(C(F)(F)F)nc1. The van der Waals surface area contributed by atoms with Gasteiger partial charge in [0.05, 0.1) is 25.1 Å². The number of carbonyl (C=O) groups is 2. The fraction of sp³-hybridized carbons (Fsp3) is 0.533. The number of morpholine rings is 1. The highest BCUT2D eigenvalue weighted by atomic mass is 19.4. The number of hydrogen-bond acceptors (Lipinski definition) is 5. The Morgan fingerprint density at radius 1 is 1.20 bits per heavy atom. The fourth-order valence-corrected chi connectivity index (χ4v) is 2.23. The van der Waals surface area contributed by atoms with Crippen molar-refractivity contribution in [3.63, 3.8) is 0 Å². The molecule has 2 N–H and O–H groups in total. The Hall–Kier alpha value is -2.20. The van der Waals surface area contributed by atoms with Crippen LogP contribution in [0.15, 0.2) is 18.3 Å². The van der Waals surface area contributed by atoms with E-state index < -0.39 is 23.7 Å². The molecule has 0 unspecified atom stereocenters. The van der Waals surface area contributed by atoms with E-state index >= 15 is 0 Å². The van der Waals surface area contributed by atoms with Gasteiger partial charge in [-0.3, -0.25) is 14.5 Å². The van der Waals surface area contributed by atoms with Gasteiger partial charge in [0.2, 0.25) is 0 Å². The molecule has 2 amide bonds. The third-order valence-electron chi connectivity index (χ3n) is 3.56. The lowest BCUT2D eigenvalue weighted by atomic mass is 10.3. The first-order chi connectivity index (χ1) is 11.9. The van der Waals surface area contributed by atoms with Gasteiger partial charge in [-0.15, -0.1) is 0 Å². The van der Waals surface area contributed by atoms with E-state index in [4.69, 9.17) is 4.74 Å². The number of hydrogen-bond donors (Lipinski definition) is 2. The Bertz CT molecular complexity index is 587. The molecule has 0 spiro atoms. The first-order valence-corrected chi connectivity index (χ1v) is 7.79. The molecule has 0 saturated carbocycles. The molecule has 1 aromatic heterocycles. The van der Waals surface area contributed by atoms with Gasteiger partial charge in [-0.1, -0.05) is 0 Å². The van der Waals surface area contributed by atoms with E-state index in [0.29, 0.717) is 26.2 Å². The van der Waals surface area contributed by atoms with E-state index in [1.165, 1.54) is 0 Å². The number of rotatable bonds is 5. The van der Waals surface area contributed by atoms with Crippen LogP contribution in [0.1, 0.15) is 12.1 Å². The average molecular weight is 360 g/mol. The average Bonchev–Trinajstić information content (AvgIpc) is 2.59. The van der Waals surface area contributed by atoms with Gasteiger partial charge in [0.1, 0.15) is 5.69 Å². The second-order valence-electron chi connectivity index (χ2n) is 5.45. The Morgan fingerprint density at radius 3 is 2.52 bits per heavy atom. The zero-order valence-corrected chi connectivity index (χ0v) is 13.4. The number of alkyl halides is 3. The molecule has 2 heterocycles. The van der Waals surface area contributed by atoms with Crippen LogP contribution in [0.2, 0.25) is 0 Å². The number of nitrogens with one attached hydrogen (secondary N) is 2. The molecule has 7 nitrogen and oxygen atoms in total. The summed E-state index contributed by atoms with van der Waals surface area (Å²) in [6.45, 7) is 4.18. The Kier molecular flexibility index (Phi) is 6.71. The lowest BCUT2D eigenvalue weighted by molar-refractivity contribution is -0.141. The van der Waals surface area contributed by atoms with Gasteiger partial charge in [0.25, 0.3) is 0 Å². The van der Waals surface area contributed by atoms with Gasteiger partial charge in [0, 0.05) is 19.6 Å². The van der Waals surface area contributed by atoms with Crippen molar-refractivity contribution < 1.29 is 27.5 Å². The minimum atomic E-state index is -4.56. The molecule has 1 saturated heterocycles. The maximum Gasteiger partial charge on any atom is 0.433 e. The van der Waals surface area contributed by atoms with E-state index in [9.17, 15) is 22.8 Å². The Balaban J connectivity index is 1.70. The fourth-order valence-electron chi connectivity index (χ4n) is 2.23. The van der Waals surface area contributed by atoms with Crippen LogP contribution in [0.4, 0.5) is 18.9 Å². The van der Waals surface area contributed by atoms with Crippen molar-refractivity contribution in [1.29, 1.82) is 0 Å². The minimum Gasteiger partial charge on any atom is -0.379 e. The van der Waals surface area contributed by atoms with Gasteiger partial charge in [-0.25, -0.2) is 4.98 Å². The molecule has 1 aliphatic heterocycles. The maximum absolute atomic E-state index is 12.4. The molecule has 25 heavy (non-hydrogen) atoms. The van der Waals surface area contributed by atoms with Crippen molar-refractivity contribution >= 4 is 17.5 Å². The number of carbonyl (C=O) groups excluding carboxylic acids is 2. The van der Waals surface area contributed by atoms with Gasteiger partial charge in [0.15, 0.2) is 0 Å². The second kappa shape index (κ2) is 8.77. The number of anilines is 1. The van der Waals surface area contributed by atoms with Crippen LogP contribution >= 0.6 is 0 Å². The molecule has 1 aliphatic rings. The normalized spacial score (nSPS) is 15.6. The van der Waals surface area contributed by atoms with Crippen molar-refractivity contribution in [1.82, 2.24) is 15.2 Å². The Morgan fingerprint density at radius 2 is 1.92 bits per heavy atom. The topological polar surface area (TPSA) is 83.6 Å². The number of aromatic nitrogens is 1. The van der Waals surface area contributed by atoms with E-state index in [1.54, 1.807) is 0 Å². The van der Waals surface area contributed by atoms with E-state index in [2.05, 4.69) is 20.5 Å². The molecule has 1 aromatic rings. The molecule has 1 fully saturated rings. The first-order valence-electron chi connectivity index (χ1n) is 7.79. The van der Waals surface area contributed by atoms with Crippen LogP contribution in [0.3, 0.4) is 0 Å². The van der Waals surface area contributed by atoms with Crippen molar-refractivity contribution in [3.8, 4) is 0 Å². The minimum absolute atomic E-state index is 0.0152. The molecular formula is C15H19F3N4O3. The first kappa shape index (κ1) is 19.1. The predicted molar refractivity (Wildman–Crippen MR) is 82.8 cm³/mol. The maximum atomic E-state index is 12.4. The highest BCUT2D eigenvalue weighted by molar-refractivity contribution is 6.39. The molecule has 0 radical (unpaired) electrons. The summed E-state index contributed by atoms with van der Waals surface area (Å²) in [5, 5.41) is 4.67. The standard InChI is InChI=1S/C15H19F3N4O3/c16-15(17,18)12-3-2-11(10-20-12)21-14(24)13(23)19-4-1-5-22-6-8-25-9-7-22/h2-3,10H,1,4-9H2,(H,19,23)(H,21,24). The number of amides is 2. The number of halogens is 3. The predicted octanol–water partition coefficient (Wildman–Crippen LogP) is 0.877. The largest absolute Gasteiger partial charge is 0.433 e. The van der Waals surface area contributed by atoms with Crippen molar-refractivity contribution in [3.05, 3.63) is 24.0 Å². The zero-order valence-electron chi connectivity index (χ0n) is 13.4. The lowest BCUT2D eigenvalue weighted by Gasteiger charge is -2.26. The Labute approximate surface area is 142 Å². The van der Waals surface area contributed by atoms with Crippen LogP contribution in [0.5, 0.6) is 0 Å². The molecule has 0 aliphatic carbocycles. The zero-order chi connectivity index (χ0) is 18.3. The van der Waals surface area contributed by atoms with E-state index in [1.807, 2.05) is 0 Å². The molecule has 0 atom stereocenters. The molecular weight excluding hydrogens is 341 g/mol. The molecule has 10 heteroatoms. The summed E-state index contributed by atoms with van der Waals surface area (Å²) in [5.74, 6) is -1.80. The van der Waals surface area contributed by atoms with Gasteiger partial charge >= 0.3 is 18.0 Å². The summed E-state index contributed by atoms with van der Waals surface area (Å²) >= 11 is 0. The molecule has 138 valence electrons. The quantitative estimate of drug-likeness (QED) is 0.602. The van der Waals surface area contributed by atoms with Crippen LogP contribution < -0.4 is 10.6 Å². The van der Waals surface area contributed by atoms with Crippen LogP contribution in [0.25, 0.3) is 0 Å². The third-order valence-corrected chi connectivity index (χ3v) is 3.56. The summed E-state index contributed by atoms with van der Waals surface area (Å²) in [5.41, 5.74) is -1.06. The number of ether oxygens (including phenoxy) is 1. The summed E-state index contributed by atoms with van der Waals surface area (Å²) in [7, 11) is 0. The van der Waals surface area contributed by atoms with Gasteiger partial charge < -0.3 is 15.4 Å². The van der Waals surface area contributed by atoms with E-state index in [0.717, 1.165) is 38.0 Å². The van der Waals surface area contributed by atoms with Gasteiger partial charge in [-0.2, -0.15) is 13.2 Å². The molecule has 0 bridgehead atoms. The van der Waals surface area contributed by atoms with Crippen molar-refractivity contribution in [2.75, 3.05) is 44.7 Å². The van der Waals surface area contributed by atoms with Gasteiger partial charge in [-0.05, 0) is 25.1 Å². The molecule has 0 aromatic carbocycles. The number of nitrogens with zero attached hydrogens (tertiary/aromatic N) is 2. The molecule has 2 rings (SSSR count). The summed E-state index contributed by atoms with van der Waals surface area (Å²) in [6, 6.07) is 1.77. The van der Waals surface area contributed by atoms with Crippen LogP contribution in [-0.4, -0.2) is 61.1 Å². The highest BCUT2D eigenvalue weighted by Crippen LogP contribution is 2.27. The van der Waals surface area contributed by atoms with Crippen molar-refractivity contribution in [2.24, 2.45) is 0 Å². The summed E-state index contributed by atoms with van der Waals surface area (Å²) < 4.78 is 42.4.